The van der Waals surface area contributed by atoms with Gasteiger partial charge in [0.05, 0.1) is 11.7 Å². The minimum Gasteiger partial charge on any atom is -0.325 e. The number of amides is 2. The number of carbonyl (C=O) groups excluding carboxylic acids is 2. The molecule has 0 spiro atoms. The van der Waals surface area contributed by atoms with Crippen molar-refractivity contribution in [1.29, 1.82) is 0 Å². The second-order valence-electron chi connectivity index (χ2n) is 7.85. The van der Waals surface area contributed by atoms with E-state index in [0.29, 0.717) is 5.69 Å². The third-order valence-corrected chi connectivity index (χ3v) is 4.68. The van der Waals surface area contributed by atoms with Crippen LogP contribution >= 0.6 is 12.4 Å². The van der Waals surface area contributed by atoms with Gasteiger partial charge < -0.3 is 16.4 Å². The summed E-state index contributed by atoms with van der Waals surface area (Å²) in [5, 5.41) is 5.34. The number of hydrogen-bond acceptors (Lipinski definition) is 3. The van der Waals surface area contributed by atoms with Crippen LogP contribution in [0.25, 0.3) is 0 Å². The molecule has 1 aliphatic carbocycles. The van der Waals surface area contributed by atoms with E-state index in [4.69, 9.17) is 5.73 Å². The Hall–Kier alpha value is -1.66. The molecule has 1 aliphatic rings. The highest BCUT2D eigenvalue weighted by molar-refractivity contribution is 5.97. The van der Waals surface area contributed by atoms with Gasteiger partial charge in [-0.15, -0.1) is 12.4 Å². The van der Waals surface area contributed by atoms with Gasteiger partial charge in [0, 0.05) is 11.6 Å². The fourth-order valence-corrected chi connectivity index (χ4v) is 2.91. The molecule has 146 valence electrons. The van der Waals surface area contributed by atoms with Gasteiger partial charge in [-0.2, -0.15) is 0 Å². The largest absolute Gasteiger partial charge is 0.325 e. The maximum Gasteiger partial charge on any atom is 0.241 e. The molecule has 1 atom stereocenters. The average Bonchev–Trinajstić information content (AvgIpc) is 2.57. The summed E-state index contributed by atoms with van der Waals surface area (Å²) in [6.45, 7) is 5.62. The Labute approximate surface area is 160 Å². The molecule has 1 aromatic carbocycles. The smallest absolute Gasteiger partial charge is 0.241 e. The zero-order chi connectivity index (χ0) is 18.6. The first kappa shape index (κ1) is 22.4. The van der Waals surface area contributed by atoms with E-state index >= 15 is 0 Å². The summed E-state index contributed by atoms with van der Waals surface area (Å²) in [7, 11) is 0. The summed E-state index contributed by atoms with van der Waals surface area (Å²) in [6.07, 6.45) is 4.88. The Morgan fingerprint density at radius 3 is 2.35 bits per heavy atom. The van der Waals surface area contributed by atoms with E-state index in [1.54, 1.807) is 0 Å². The molecule has 1 aromatic rings. The van der Waals surface area contributed by atoms with Crippen LogP contribution in [0.5, 0.6) is 0 Å². The van der Waals surface area contributed by atoms with Crippen LogP contribution in [-0.4, -0.2) is 17.9 Å². The molecule has 0 radical (unpaired) electrons. The molecule has 5 nitrogen and oxygen atoms in total. The van der Waals surface area contributed by atoms with Gasteiger partial charge in [0.1, 0.15) is 5.82 Å². The molecule has 2 amide bonds. The first-order chi connectivity index (χ1) is 11.7. The number of benzene rings is 1. The van der Waals surface area contributed by atoms with Gasteiger partial charge in [-0.3, -0.25) is 9.59 Å². The second kappa shape index (κ2) is 9.33. The van der Waals surface area contributed by atoms with Gasteiger partial charge in [-0.25, -0.2) is 4.39 Å². The number of anilines is 2. The molecule has 0 heterocycles. The highest BCUT2D eigenvalue weighted by Crippen LogP contribution is 2.27. The fourth-order valence-electron chi connectivity index (χ4n) is 2.91. The van der Waals surface area contributed by atoms with Crippen LogP contribution in [0.4, 0.5) is 15.8 Å². The minimum atomic E-state index is -0.696. The first-order valence-corrected chi connectivity index (χ1v) is 8.85. The van der Waals surface area contributed by atoms with Crippen LogP contribution in [0.2, 0.25) is 0 Å². The zero-order valence-electron chi connectivity index (χ0n) is 15.6. The van der Waals surface area contributed by atoms with Crippen LogP contribution in [0.1, 0.15) is 52.9 Å². The number of nitrogens with two attached hydrogens (primary N) is 1. The van der Waals surface area contributed by atoms with Crippen LogP contribution in [0, 0.1) is 17.2 Å². The molecule has 26 heavy (non-hydrogen) atoms. The third-order valence-electron chi connectivity index (χ3n) is 4.68. The highest BCUT2D eigenvalue weighted by atomic mass is 35.5. The second-order valence-corrected chi connectivity index (χ2v) is 7.85. The Morgan fingerprint density at radius 1 is 1.15 bits per heavy atom. The molecule has 4 N–H and O–H groups in total. The van der Waals surface area contributed by atoms with Crippen molar-refractivity contribution in [2.45, 2.75) is 58.9 Å². The van der Waals surface area contributed by atoms with Crippen molar-refractivity contribution in [1.82, 2.24) is 0 Å². The summed E-state index contributed by atoms with van der Waals surface area (Å²) in [6, 6.07) is 3.43. The molecular formula is C19H29ClFN3O2. The van der Waals surface area contributed by atoms with Gasteiger partial charge in [-0.05, 0) is 36.5 Å². The van der Waals surface area contributed by atoms with Crippen molar-refractivity contribution in [3.8, 4) is 0 Å². The first-order valence-electron chi connectivity index (χ1n) is 8.85. The van der Waals surface area contributed by atoms with Crippen LogP contribution in [0.15, 0.2) is 18.2 Å². The summed E-state index contributed by atoms with van der Waals surface area (Å²) in [5.74, 6) is -1.10. The molecule has 0 unspecified atom stereocenters. The molecule has 7 heteroatoms. The third kappa shape index (κ3) is 5.95. The maximum atomic E-state index is 14.0. The molecule has 2 rings (SSSR count). The zero-order valence-corrected chi connectivity index (χ0v) is 16.4. The number of nitrogens with one attached hydrogen (secondary N) is 2. The van der Waals surface area contributed by atoms with Crippen molar-refractivity contribution in [2.75, 3.05) is 10.6 Å². The van der Waals surface area contributed by atoms with Gasteiger partial charge in [0.25, 0.3) is 0 Å². The molecule has 0 aromatic heterocycles. The summed E-state index contributed by atoms with van der Waals surface area (Å²) in [4.78, 5) is 24.5. The lowest BCUT2D eigenvalue weighted by molar-refractivity contribution is -0.121. The van der Waals surface area contributed by atoms with E-state index in [2.05, 4.69) is 10.6 Å². The Bertz CT molecular complexity index is 640. The number of rotatable bonds is 4. The van der Waals surface area contributed by atoms with E-state index in [-0.39, 0.29) is 41.2 Å². The van der Waals surface area contributed by atoms with E-state index in [0.717, 1.165) is 32.1 Å². The van der Waals surface area contributed by atoms with E-state index < -0.39 is 11.9 Å². The molecule has 1 saturated carbocycles. The Kier molecular flexibility index (Phi) is 8.03. The highest BCUT2D eigenvalue weighted by Gasteiger charge is 2.27. The minimum absolute atomic E-state index is 0. The molecule has 0 bridgehead atoms. The standard InChI is InChI=1S/C19H28FN3O2.ClH/c1-19(2,3)16(21)18(25)22-13-9-10-14(20)15(11-13)23-17(24)12-7-5-4-6-8-12;/h9-12,16H,4-8,21H2,1-3H3,(H,22,25)(H,23,24);1H/t16-;/m1./s1. The summed E-state index contributed by atoms with van der Waals surface area (Å²) < 4.78 is 14.0. The molecule has 1 fully saturated rings. The quantitative estimate of drug-likeness (QED) is 0.730. The van der Waals surface area contributed by atoms with Crippen molar-refractivity contribution < 1.29 is 14.0 Å². The van der Waals surface area contributed by atoms with Crippen LogP contribution in [0.3, 0.4) is 0 Å². The topological polar surface area (TPSA) is 84.2 Å². The number of hydrogen-bond donors (Lipinski definition) is 3. The van der Waals surface area contributed by atoms with Crippen molar-refractivity contribution >= 4 is 35.6 Å². The fraction of sp³-hybridized carbons (Fsp3) is 0.579. The lowest BCUT2D eigenvalue weighted by atomic mass is 9.87. The van der Waals surface area contributed by atoms with E-state index in [1.807, 2.05) is 20.8 Å². The molecule has 0 saturated heterocycles. The predicted octanol–water partition coefficient (Wildman–Crippen LogP) is 4.08. The van der Waals surface area contributed by atoms with Gasteiger partial charge >= 0.3 is 0 Å². The maximum absolute atomic E-state index is 14.0. The molecular weight excluding hydrogens is 357 g/mol. The van der Waals surface area contributed by atoms with Gasteiger partial charge in [0.15, 0.2) is 0 Å². The van der Waals surface area contributed by atoms with Crippen LogP contribution < -0.4 is 16.4 Å². The van der Waals surface area contributed by atoms with Crippen molar-refractivity contribution in [3.63, 3.8) is 0 Å². The van der Waals surface area contributed by atoms with E-state index in [1.165, 1.54) is 18.2 Å². The monoisotopic (exact) mass is 385 g/mol. The number of carbonyl (C=O) groups is 2. The SMILES string of the molecule is CC(C)(C)[C@H](N)C(=O)Nc1ccc(F)c(NC(=O)C2CCCCC2)c1.Cl. The predicted molar refractivity (Wildman–Crippen MR) is 105 cm³/mol. The van der Waals surface area contributed by atoms with Crippen molar-refractivity contribution in [2.24, 2.45) is 17.1 Å². The van der Waals surface area contributed by atoms with Crippen molar-refractivity contribution in [3.05, 3.63) is 24.0 Å². The van der Waals surface area contributed by atoms with Gasteiger partial charge in [0.2, 0.25) is 11.8 Å². The van der Waals surface area contributed by atoms with Gasteiger partial charge in [-0.1, -0.05) is 40.0 Å². The number of halogens is 2. The lowest BCUT2D eigenvalue weighted by Crippen LogP contribution is -2.45. The Balaban J connectivity index is 0.00000338. The Morgan fingerprint density at radius 2 is 1.77 bits per heavy atom. The van der Waals surface area contributed by atoms with E-state index in [9.17, 15) is 14.0 Å². The normalized spacial score (nSPS) is 16.3. The summed E-state index contributed by atoms with van der Waals surface area (Å²) >= 11 is 0. The average molecular weight is 386 g/mol. The lowest BCUT2D eigenvalue weighted by Gasteiger charge is -2.26. The molecule has 0 aliphatic heterocycles. The van der Waals surface area contributed by atoms with Crippen LogP contribution in [-0.2, 0) is 9.59 Å². The summed E-state index contributed by atoms with van der Waals surface area (Å²) in [5.41, 5.74) is 6.03.